The standard InChI is InChI=1S/C14H21NO/c1-5-10(2)8-13(15)12-7-6-11(3)9-14(12)16-4/h6-7,9,13H,2,5,8,15H2,1,3-4H3. The quantitative estimate of drug-likeness (QED) is 0.771. The molecular formula is C14H21NO. The molecule has 0 saturated heterocycles. The number of ether oxygens (including phenoxy) is 1. The van der Waals surface area contributed by atoms with Gasteiger partial charge in [0.15, 0.2) is 0 Å². The van der Waals surface area contributed by atoms with E-state index in [9.17, 15) is 0 Å². The minimum absolute atomic E-state index is 0.0250. The number of aryl methyl sites for hydroxylation is 1. The van der Waals surface area contributed by atoms with Gasteiger partial charge in [-0.25, -0.2) is 0 Å². The van der Waals surface area contributed by atoms with Crippen molar-refractivity contribution in [3.8, 4) is 5.75 Å². The molecule has 1 rings (SSSR count). The predicted octanol–water partition coefficient (Wildman–Crippen LogP) is 3.36. The predicted molar refractivity (Wildman–Crippen MR) is 68.7 cm³/mol. The molecule has 0 heterocycles. The molecule has 0 amide bonds. The molecule has 0 aliphatic rings. The van der Waals surface area contributed by atoms with Gasteiger partial charge in [-0.2, -0.15) is 0 Å². The number of hydrogen-bond donors (Lipinski definition) is 1. The molecule has 1 aromatic rings. The molecule has 1 atom stereocenters. The van der Waals surface area contributed by atoms with Crippen molar-refractivity contribution >= 4 is 0 Å². The van der Waals surface area contributed by atoms with Gasteiger partial charge in [0.1, 0.15) is 5.75 Å². The summed E-state index contributed by atoms with van der Waals surface area (Å²) in [5, 5.41) is 0. The van der Waals surface area contributed by atoms with E-state index in [1.54, 1.807) is 7.11 Å². The maximum Gasteiger partial charge on any atom is 0.123 e. The van der Waals surface area contributed by atoms with Crippen molar-refractivity contribution in [2.45, 2.75) is 32.7 Å². The lowest BCUT2D eigenvalue weighted by molar-refractivity contribution is 0.405. The Morgan fingerprint density at radius 2 is 2.19 bits per heavy atom. The molecule has 2 nitrogen and oxygen atoms in total. The van der Waals surface area contributed by atoms with E-state index in [4.69, 9.17) is 10.5 Å². The van der Waals surface area contributed by atoms with Crippen molar-refractivity contribution in [3.05, 3.63) is 41.5 Å². The molecule has 1 unspecified atom stereocenters. The van der Waals surface area contributed by atoms with E-state index in [-0.39, 0.29) is 6.04 Å². The zero-order valence-corrected chi connectivity index (χ0v) is 10.4. The lowest BCUT2D eigenvalue weighted by Crippen LogP contribution is -2.12. The lowest BCUT2D eigenvalue weighted by Gasteiger charge is -2.17. The number of methoxy groups -OCH3 is 1. The summed E-state index contributed by atoms with van der Waals surface area (Å²) in [6, 6.07) is 6.10. The summed E-state index contributed by atoms with van der Waals surface area (Å²) >= 11 is 0. The van der Waals surface area contributed by atoms with Crippen LogP contribution < -0.4 is 10.5 Å². The summed E-state index contributed by atoms with van der Waals surface area (Å²) in [4.78, 5) is 0. The van der Waals surface area contributed by atoms with Crippen molar-refractivity contribution in [1.29, 1.82) is 0 Å². The first-order chi connectivity index (χ1) is 7.58. The Hall–Kier alpha value is -1.28. The van der Waals surface area contributed by atoms with Crippen LogP contribution in [0.4, 0.5) is 0 Å². The van der Waals surface area contributed by atoms with Crippen molar-refractivity contribution in [1.82, 2.24) is 0 Å². The van der Waals surface area contributed by atoms with Crippen LogP contribution in [0.25, 0.3) is 0 Å². The monoisotopic (exact) mass is 219 g/mol. The average molecular weight is 219 g/mol. The highest BCUT2D eigenvalue weighted by Crippen LogP contribution is 2.28. The Morgan fingerprint density at radius 1 is 1.50 bits per heavy atom. The molecule has 2 heteroatoms. The summed E-state index contributed by atoms with van der Waals surface area (Å²) in [6.07, 6.45) is 1.79. The Labute approximate surface area is 98.1 Å². The highest BCUT2D eigenvalue weighted by atomic mass is 16.5. The first kappa shape index (κ1) is 12.8. The maximum absolute atomic E-state index is 6.16. The van der Waals surface area contributed by atoms with Crippen LogP contribution in [-0.2, 0) is 0 Å². The van der Waals surface area contributed by atoms with Crippen LogP contribution in [-0.4, -0.2) is 7.11 Å². The smallest absolute Gasteiger partial charge is 0.123 e. The topological polar surface area (TPSA) is 35.2 Å². The summed E-state index contributed by atoms with van der Waals surface area (Å²) in [6.45, 7) is 8.13. The third kappa shape index (κ3) is 3.11. The molecule has 0 aliphatic heterocycles. The molecule has 0 aliphatic carbocycles. The number of nitrogens with two attached hydrogens (primary N) is 1. The van der Waals surface area contributed by atoms with Gasteiger partial charge in [-0.05, 0) is 31.4 Å². The van der Waals surface area contributed by atoms with E-state index < -0.39 is 0 Å². The van der Waals surface area contributed by atoms with Crippen LogP contribution >= 0.6 is 0 Å². The van der Waals surface area contributed by atoms with Crippen molar-refractivity contribution in [2.75, 3.05) is 7.11 Å². The molecule has 0 fully saturated rings. The van der Waals surface area contributed by atoms with E-state index in [0.717, 1.165) is 24.2 Å². The average Bonchev–Trinajstić information content (AvgIpc) is 2.28. The summed E-state index contributed by atoms with van der Waals surface area (Å²) in [7, 11) is 1.68. The number of rotatable bonds is 5. The second-order valence-corrected chi connectivity index (χ2v) is 4.16. The lowest BCUT2D eigenvalue weighted by atomic mass is 9.97. The Kier molecular flexibility index (Phi) is 4.56. The van der Waals surface area contributed by atoms with Gasteiger partial charge in [-0.1, -0.05) is 31.2 Å². The zero-order chi connectivity index (χ0) is 12.1. The third-order valence-corrected chi connectivity index (χ3v) is 2.80. The Morgan fingerprint density at radius 3 is 2.75 bits per heavy atom. The fraction of sp³-hybridized carbons (Fsp3) is 0.429. The van der Waals surface area contributed by atoms with E-state index in [1.165, 1.54) is 11.1 Å². The summed E-state index contributed by atoms with van der Waals surface area (Å²) in [5.41, 5.74) is 9.57. The van der Waals surface area contributed by atoms with Crippen LogP contribution in [0.1, 0.15) is 36.9 Å². The van der Waals surface area contributed by atoms with E-state index in [2.05, 4.69) is 19.6 Å². The van der Waals surface area contributed by atoms with Crippen molar-refractivity contribution in [2.24, 2.45) is 5.73 Å². The fourth-order valence-corrected chi connectivity index (χ4v) is 1.69. The first-order valence-corrected chi connectivity index (χ1v) is 5.65. The second-order valence-electron chi connectivity index (χ2n) is 4.16. The Bertz CT molecular complexity index is 371. The van der Waals surface area contributed by atoms with E-state index >= 15 is 0 Å². The minimum atomic E-state index is -0.0250. The van der Waals surface area contributed by atoms with E-state index in [1.807, 2.05) is 19.1 Å². The van der Waals surface area contributed by atoms with Crippen LogP contribution in [0, 0.1) is 6.92 Å². The van der Waals surface area contributed by atoms with Gasteiger partial charge in [0.25, 0.3) is 0 Å². The number of hydrogen-bond acceptors (Lipinski definition) is 2. The SMILES string of the molecule is C=C(CC)CC(N)c1ccc(C)cc1OC. The van der Waals surface area contributed by atoms with Crippen LogP contribution in [0.2, 0.25) is 0 Å². The van der Waals surface area contributed by atoms with Gasteiger partial charge in [-0.3, -0.25) is 0 Å². The van der Waals surface area contributed by atoms with Crippen molar-refractivity contribution < 1.29 is 4.74 Å². The van der Waals surface area contributed by atoms with Crippen molar-refractivity contribution in [3.63, 3.8) is 0 Å². The molecule has 2 N–H and O–H groups in total. The Balaban J connectivity index is 2.90. The van der Waals surface area contributed by atoms with E-state index in [0.29, 0.717) is 0 Å². The minimum Gasteiger partial charge on any atom is -0.496 e. The molecule has 0 radical (unpaired) electrons. The summed E-state index contributed by atoms with van der Waals surface area (Å²) in [5.74, 6) is 0.872. The molecule has 88 valence electrons. The molecule has 0 bridgehead atoms. The normalized spacial score (nSPS) is 12.2. The molecule has 0 aromatic heterocycles. The zero-order valence-electron chi connectivity index (χ0n) is 10.4. The highest BCUT2D eigenvalue weighted by Gasteiger charge is 2.12. The maximum atomic E-state index is 6.16. The van der Waals surface area contributed by atoms with Gasteiger partial charge < -0.3 is 10.5 Å². The third-order valence-electron chi connectivity index (χ3n) is 2.80. The molecule has 0 spiro atoms. The molecule has 1 aromatic carbocycles. The van der Waals surface area contributed by atoms with Gasteiger partial charge in [-0.15, -0.1) is 0 Å². The van der Waals surface area contributed by atoms with Crippen LogP contribution in [0.5, 0.6) is 5.75 Å². The van der Waals surface area contributed by atoms with Gasteiger partial charge >= 0.3 is 0 Å². The first-order valence-electron chi connectivity index (χ1n) is 5.65. The number of benzene rings is 1. The largest absolute Gasteiger partial charge is 0.496 e. The molecule has 16 heavy (non-hydrogen) atoms. The van der Waals surface area contributed by atoms with Gasteiger partial charge in [0.2, 0.25) is 0 Å². The summed E-state index contributed by atoms with van der Waals surface area (Å²) < 4.78 is 5.35. The van der Waals surface area contributed by atoms with Crippen LogP contribution in [0.3, 0.4) is 0 Å². The van der Waals surface area contributed by atoms with Gasteiger partial charge in [0.05, 0.1) is 7.11 Å². The van der Waals surface area contributed by atoms with Crippen LogP contribution in [0.15, 0.2) is 30.4 Å². The fourth-order valence-electron chi connectivity index (χ4n) is 1.69. The van der Waals surface area contributed by atoms with Gasteiger partial charge in [0, 0.05) is 11.6 Å². The molecular weight excluding hydrogens is 198 g/mol. The molecule has 0 saturated carbocycles. The highest BCUT2D eigenvalue weighted by molar-refractivity contribution is 5.39. The second kappa shape index (κ2) is 5.71.